The summed E-state index contributed by atoms with van der Waals surface area (Å²) in [4.78, 5) is 26.3. The molecule has 3 aromatic rings. The zero-order valence-electron chi connectivity index (χ0n) is 19.8. The van der Waals surface area contributed by atoms with Crippen molar-refractivity contribution in [2.75, 3.05) is 30.4 Å². The first-order chi connectivity index (χ1) is 16.3. The van der Waals surface area contributed by atoms with E-state index in [2.05, 4.69) is 10.2 Å². The summed E-state index contributed by atoms with van der Waals surface area (Å²) in [5.41, 5.74) is 3.79. The molecule has 1 amide bonds. The minimum absolute atomic E-state index is 0.104. The van der Waals surface area contributed by atoms with Crippen molar-refractivity contribution in [1.82, 2.24) is 0 Å². The van der Waals surface area contributed by atoms with Crippen LogP contribution in [0, 0.1) is 13.8 Å². The molecule has 0 fully saturated rings. The highest BCUT2D eigenvalue weighted by Gasteiger charge is 2.24. The van der Waals surface area contributed by atoms with Crippen molar-refractivity contribution in [2.45, 2.75) is 26.9 Å². The van der Waals surface area contributed by atoms with Crippen molar-refractivity contribution in [2.24, 2.45) is 0 Å². The first-order valence-corrected chi connectivity index (χ1v) is 11.1. The van der Waals surface area contributed by atoms with Gasteiger partial charge in [-0.3, -0.25) is 9.59 Å². The van der Waals surface area contributed by atoms with E-state index in [0.717, 1.165) is 29.1 Å². The number of likely N-dealkylation sites (N-methyl/N-ethyl adjacent to an activating group) is 1. The number of para-hydroxylation sites is 2. The number of anilines is 2. The second-order valence-electron chi connectivity index (χ2n) is 8.41. The lowest BCUT2D eigenvalue weighted by Gasteiger charge is -2.33. The van der Waals surface area contributed by atoms with Gasteiger partial charge in [-0.05, 0) is 61.4 Å². The molecule has 0 saturated carbocycles. The van der Waals surface area contributed by atoms with Crippen LogP contribution in [-0.4, -0.2) is 38.2 Å². The van der Waals surface area contributed by atoms with Gasteiger partial charge in [0.25, 0.3) is 5.91 Å². The van der Waals surface area contributed by atoms with Gasteiger partial charge in [-0.2, -0.15) is 0 Å². The van der Waals surface area contributed by atoms with E-state index in [4.69, 9.17) is 14.2 Å². The van der Waals surface area contributed by atoms with E-state index < -0.39 is 5.97 Å². The maximum absolute atomic E-state index is 13.0. The van der Waals surface area contributed by atoms with Crippen molar-refractivity contribution < 1.29 is 23.8 Å². The molecular weight excluding hydrogens is 432 g/mol. The average Bonchev–Trinajstić information content (AvgIpc) is 2.77. The number of hydrogen-bond acceptors (Lipinski definition) is 6. The number of fused-ring (bicyclic) bond motifs is 1. The minimum atomic E-state index is -0.416. The number of carbonyl (C=O) groups is 2. The van der Waals surface area contributed by atoms with E-state index in [9.17, 15) is 9.59 Å². The Bertz CT molecular complexity index is 1200. The minimum Gasteiger partial charge on any atom is -0.490 e. The molecule has 3 aromatic carbocycles. The van der Waals surface area contributed by atoms with Crippen LogP contribution in [0.4, 0.5) is 11.4 Å². The van der Waals surface area contributed by atoms with Gasteiger partial charge < -0.3 is 24.4 Å². The predicted molar refractivity (Wildman–Crippen MR) is 131 cm³/mol. The van der Waals surface area contributed by atoms with Gasteiger partial charge in [0.05, 0.1) is 12.2 Å². The van der Waals surface area contributed by atoms with E-state index >= 15 is 0 Å². The fourth-order valence-corrected chi connectivity index (χ4v) is 4.13. The predicted octanol–water partition coefficient (Wildman–Crippen LogP) is 4.76. The first kappa shape index (κ1) is 23.2. The molecule has 7 heteroatoms. The van der Waals surface area contributed by atoms with Gasteiger partial charge in [-0.1, -0.05) is 18.2 Å². The third-order valence-corrected chi connectivity index (χ3v) is 5.57. The Hall–Kier alpha value is -4.00. The van der Waals surface area contributed by atoms with Crippen molar-refractivity contribution >= 4 is 23.3 Å². The number of hydrogen-bond donors (Lipinski definition) is 1. The lowest BCUT2D eigenvalue weighted by Crippen LogP contribution is -2.41. The third kappa shape index (κ3) is 5.31. The third-order valence-electron chi connectivity index (χ3n) is 5.57. The molecule has 7 nitrogen and oxygen atoms in total. The van der Waals surface area contributed by atoms with Crippen LogP contribution in [0.25, 0.3) is 0 Å². The van der Waals surface area contributed by atoms with Gasteiger partial charge in [0.15, 0.2) is 0 Å². The summed E-state index contributed by atoms with van der Waals surface area (Å²) in [7, 11) is 2.04. The standard InChI is InChI=1S/C27H28N2O5/c1-17-12-22(32-16-23-15-29(4)24-10-5-6-11-25(24)34-23)13-18(2)26(17)27(31)28-20-8-7-9-21(14-20)33-19(3)30/h5-14,23H,15-16H2,1-4H3,(H,28,31)/t23-/m0/s1. The molecule has 1 N–H and O–H groups in total. The average molecular weight is 461 g/mol. The quantitative estimate of drug-likeness (QED) is 0.422. The molecule has 1 aliphatic rings. The number of aryl methyl sites for hydroxylation is 2. The molecule has 34 heavy (non-hydrogen) atoms. The van der Waals surface area contributed by atoms with Crippen molar-refractivity contribution in [3.05, 3.63) is 77.4 Å². The Morgan fingerprint density at radius 3 is 2.50 bits per heavy atom. The highest BCUT2D eigenvalue weighted by atomic mass is 16.5. The summed E-state index contributed by atoms with van der Waals surface area (Å²) in [6.07, 6.45) is -0.104. The maximum Gasteiger partial charge on any atom is 0.308 e. The van der Waals surface area contributed by atoms with Crippen molar-refractivity contribution in [3.63, 3.8) is 0 Å². The SMILES string of the molecule is CC(=O)Oc1cccc(NC(=O)c2c(C)cc(OC[C@@H]3CN(C)c4ccccc4O3)cc2C)c1. The summed E-state index contributed by atoms with van der Waals surface area (Å²) in [5, 5.41) is 2.87. The zero-order valence-corrected chi connectivity index (χ0v) is 19.8. The first-order valence-electron chi connectivity index (χ1n) is 11.1. The second-order valence-corrected chi connectivity index (χ2v) is 8.41. The van der Waals surface area contributed by atoms with E-state index in [1.54, 1.807) is 24.3 Å². The maximum atomic E-state index is 13.0. The Kier molecular flexibility index (Phi) is 6.72. The Labute approximate surface area is 199 Å². The Morgan fingerprint density at radius 1 is 1.03 bits per heavy atom. The van der Waals surface area contributed by atoms with E-state index in [1.165, 1.54) is 6.92 Å². The fraction of sp³-hybridized carbons (Fsp3) is 0.259. The number of carbonyl (C=O) groups excluding carboxylic acids is 2. The molecule has 1 heterocycles. The normalized spacial score (nSPS) is 14.6. The molecule has 1 atom stereocenters. The monoisotopic (exact) mass is 460 g/mol. The lowest BCUT2D eigenvalue weighted by molar-refractivity contribution is -0.131. The molecule has 1 aliphatic heterocycles. The number of nitrogens with one attached hydrogen (secondary N) is 1. The number of benzene rings is 3. The van der Waals surface area contributed by atoms with Crippen LogP contribution in [0.2, 0.25) is 0 Å². The molecule has 0 bridgehead atoms. The van der Waals surface area contributed by atoms with Gasteiger partial charge in [0.2, 0.25) is 0 Å². The largest absolute Gasteiger partial charge is 0.490 e. The van der Waals surface area contributed by atoms with Crippen molar-refractivity contribution in [1.29, 1.82) is 0 Å². The molecule has 176 valence electrons. The van der Waals surface area contributed by atoms with E-state index in [1.807, 2.05) is 57.3 Å². The van der Waals surface area contributed by atoms with E-state index in [-0.39, 0.29) is 12.0 Å². The van der Waals surface area contributed by atoms with Crippen LogP contribution in [0.1, 0.15) is 28.4 Å². The highest BCUT2D eigenvalue weighted by Crippen LogP contribution is 2.32. The van der Waals surface area contributed by atoms with Crippen LogP contribution in [0.3, 0.4) is 0 Å². The van der Waals surface area contributed by atoms with Crippen LogP contribution in [-0.2, 0) is 4.79 Å². The van der Waals surface area contributed by atoms with Crippen LogP contribution < -0.4 is 24.4 Å². The van der Waals surface area contributed by atoms with Gasteiger partial charge in [-0.25, -0.2) is 0 Å². The van der Waals surface area contributed by atoms with Gasteiger partial charge in [0.1, 0.15) is 30.0 Å². The van der Waals surface area contributed by atoms with Crippen molar-refractivity contribution in [3.8, 4) is 17.2 Å². The molecule has 0 saturated heterocycles. The summed E-state index contributed by atoms with van der Waals surface area (Å²) in [6.45, 7) is 6.21. The van der Waals surface area contributed by atoms with Crippen LogP contribution in [0.5, 0.6) is 17.2 Å². The molecule has 0 unspecified atom stereocenters. The summed E-state index contributed by atoms with van der Waals surface area (Å²) < 4.78 is 17.2. The summed E-state index contributed by atoms with van der Waals surface area (Å²) in [6, 6.07) is 18.4. The van der Waals surface area contributed by atoms with Crippen LogP contribution in [0.15, 0.2) is 60.7 Å². The Balaban J connectivity index is 1.42. The molecule has 0 radical (unpaired) electrons. The second kappa shape index (κ2) is 9.87. The van der Waals surface area contributed by atoms with E-state index in [0.29, 0.717) is 29.4 Å². The number of ether oxygens (including phenoxy) is 3. The lowest BCUT2D eigenvalue weighted by atomic mass is 10.0. The number of nitrogens with zero attached hydrogens (tertiary/aromatic N) is 1. The van der Waals surface area contributed by atoms with Gasteiger partial charge in [-0.15, -0.1) is 0 Å². The zero-order chi connectivity index (χ0) is 24.2. The molecular formula is C27H28N2O5. The number of esters is 1. The highest BCUT2D eigenvalue weighted by molar-refractivity contribution is 6.06. The van der Waals surface area contributed by atoms with Gasteiger partial charge in [0, 0.05) is 31.3 Å². The van der Waals surface area contributed by atoms with Gasteiger partial charge >= 0.3 is 5.97 Å². The number of amides is 1. The summed E-state index contributed by atoms with van der Waals surface area (Å²) in [5.74, 6) is 1.26. The topological polar surface area (TPSA) is 77.1 Å². The fourth-order valence-electron chi connectivity index (χ4n) is 4.13. The smallest absolute Gasteiger partial charge is 0.308 e. The molecule has 4 rings (SSSR count). The molecule has 0 aliphatic carbocycles. The number of rotatable bonds is 6. The Morgan fingerprint density at radius 2 is 1.76 bits per heavy atom. The molecule has 0 spiro atoms. The summed E-state index contributed by atoms with van der Waals surface area (Å²) >= 11 is 0. The van der Waals surface area contributed by atoms with Crippen LogP contribution >= 0.6 is 0 Å². The molecule has 0 aromatic heterocycles.